The van der Waals surface area contributed by atoms with E-state index < -0.39 is 18.1 Å². The lowest BCUT2D eigenvalue weighted by Gasteiger charge is -2.16. The fourth-order valence-corrected chi connectivity index (χ4v) is 2.88. The van der Waals surface area contributed by atoms with Crippen LogP contribution in [0.3, 0.4) is 0 Å². The molecule has 0 aliphatic heterocycles. The van der Waals surface area contributed by atoms with Crippen molar-refractivity contribution in [2.45, 2.75) is 13.3 Å². The van der Waals surface area contributed by atoms with Crippen LogP contribution in [-0.2, 0) is 9.53 Å². The third-order valence-electron chi connectivity index (χ3n) is 4.74. The Hall–Kier alpha value is -4.34. The number of nitrogens with one attached hydrogen (secondary N) is 3. The highest BCUT2D eigenvalue weighted by atomic mass is 16.5. The summed E-state index contributed by atoms with van der Waals surface area (Å²) in [5.41, 5.74) is 2.92. The number of rotatable bonds is 10. The van der Waals surface area contributed by atoms with E-state index in [2.05, 4.69) is 32.3 Å². The molecule has 0 aliphatic rings. The summed E-state index contributed by atoms with van der Waals surface area (Å²) in [6.45, 7) is 5.64. The van der Waals surface area contributed by atoms with Crippen LogP contribution in [0.4, 0.5) is 21.0 Å². The van der Waals surface area contributed by atoms with Crippen molar-refractivity contribution < 1.29 is 29.0 Å². The van der Waals surface area contributed by atoms with E-state index in [9.17, 15) is 14.4 Å². The Balaban J connectivity index is 2.43. The van der Waals surface area contributed by atoms with E-state index in [4.69, 9.17) is 9.84 Å². The molecule has 0 unspecified atom stereocenters. The van der Waals surface area contributed by atoms with Gasteiger partial charge >= 0.3 is 12.2 Å². The Morgan fingerprint density at radius 3 is 2.62 bits per heavy atom. The summed E-state index contributed by atoms with van der Waals surface area (Å²) in [6.07, 6.45) is 5.48. The second-order valence-corrected chi connectivity index (χ2v) is 7.14. The molecule has 0 radical (unpaired) electrons. The Bertz CT molecular complexity index is 1080. The number of hydrogen-bond acceptors (Lipinski definition) is 6. The number of amides is 3. The van der Waals surface area contributed by atoms with Gasteiger partial charge in [0, 0.05) is 35.1 Å². The third-order valence-corrected chi connectivity index (χ3v) is 4.74. The van der Waals surface area contributed by atoms with Gasteiger partial charge in [0.1, 0.15) is 0 Å². The predicted molar refractivity (Wildman–Crippen MR) is 130 cm³/mol. The molecule has 180 valence electrons. The standard InChI is InChI=1S/C24H28N4O6/c1-5-15(2)21(29)28-20-13-18(27-24(32)34-4)9-10-19(20)17-12-16(22(33-3)26-14-17)8-6-7-11-25-23(30)31/h5-6,8-10,12-15,25H,1,7,11H2,2-4H3,(H,27,32)(H,28,29)(H,30,31)/t15-/m1/s1. The molecule has 34 heavy (non-hydrogen) atoms. The summed E-state index contributed by atoms with van der Waals surface area (Å²) in [4.78, 5) is 39.1. The molecule has 0 fully saturated rings. The SMILES string of the molecule is C=C[C@@H](C)C(=O)Nc1cc(NC(=O)OC)ccc1-c1cnc(OC)c(C=CCCNC(=O)O)c1. The van der Waals surface area contributed by atoms with Crippen molar-refractivity contribution in [2.24, 2.45) is 5.92 Å². The van der Waals surface area contributed by atoms with Gasteiger partial charge in [-0.25, -0.2) is 14.6 Å². The van der Waals surface area contributed by atoms with Crippen molar-refractivity contribution in [1.82, 2.24) is 10.3 Å². The van der Waals surface area contributed by atoms with Gasteiger partial charge in [-0.2, -0.15) is 0 Å². The molecule has 1 aromatic heterocycles. The molecular weight excluding hydrogens is 440 g/mol. The van der Waals surface area contributed by atoms with Crippen LogP contribution in [0.2, 0.25) is 0 Å². The number of ether oxygens (including phenoxy) is 2. The van der Waals surface area contributed by atoms with Gasteiger partial charge in [0.25, 0.3) is 0 Å². The molecule has 0 aliphatic carbocycles. The summed E-state index contributed by atoms with van der Waals surface area (Å²) in [7, 11) is 2.76. The molecule has 2 aromatic rings. The minimum Gasteiger partial charge on any atom is -0.481 e. The fraction of sp³-hybridized carbons (Fsp3) is 0.250. The number of anilines is 2. The molecule has 1 heterocycles. The van der Waals surface area contributed by atoms with Gasteiger partial charge < -0.3 is 25.2 Å². The van der Waals surface area contributed by atoms with E-state index in [1.165, 1.54) is 20.3 Å². The van der Waals surface area contributed by atoms with E-state index in [-0.39, 0.29) is 12.5 Å². The number of nitrogens with zero attached hydrogens (tertiary/aromatic N) is 1. The first kappa shape index (κ1) is 25.9. The summed E-state index contributed by atoms with van der Waals surface area (Å²) in [5.74, 6) is -0.308. The highest BCUT2D eigenvalue weighted by molar-refractivity contribution is 5.99. The van der Waals surface area contributed by atoms with Crippen molar-refractivity contribution >= 4 is 35.5 Å². The van der Waals surface area contributed by atoms with Gasteiger partial charge in [0.2, 0.25) is 11.8 Å². The number of carbonyl (C=O) groups is 3. The third kappa shape index (κ3) is 7.37. The van der Waals surface area contributed by atoms with Crippen molar-refractivity contribution in [3.63, 3.8) is 0 Å². The Labute approximate surface area is 197 Å². The molecule has 0 spiro atoms. The average Bonchev–Trinajstić information content (AvgIpc) is 2.83. The number of hydrogen-bond donors (Lipinski definition) is 4. The van der Waals surface area contributed by atoms with Crippen LogP contribution in [-0.4, -0.2) is 48.9 Å². The minimum atomic E-state index is -1.08. The zero-order valence-corrected chi connectivity index (χ0v) is 19.3. The topological polar surface area (TPSA) is 139 Å². The van der Waals surface area contributed by atoms with Crippen molar-refractivity contribution in [1.29, 1.82) is 0 Å². The summed E-state index contributed by atoms with van der Waals surface area (Å²) < 4.78 is 9.97. The first-order chi connectivity index (χ1) is 16.3. The van der Waals surface area contributed by atoms with E-state index in [1.54, 1.807) is 43.5 Å². The first-order valence-electron chi connectivity index (χ1n) is 10.4. The van der Waals surface area contributed by atoms with Crippen molar-refractivity contribution in [2.75, 3.05) is 31.4 Å². The molecule has 10 heteroatoms. The van der Waals surface area contributed by atoms with Crippen molar-refractivity contribution in [3.8, 4) is 17.0 Å². The quantitative estimate of drug-likeness (QED) is 0.300. The zero-order valence-electron chi connectivity index (χ0n) is 19.3. The summed E-state index contributed by atoms with van der Waals surface area (Å²) in [6, 6.07) is 6.88. The van der Waals surface area contributed by atoms with Crippen LogP contribution in [0, 0.1) is 5.92 Å². The van der Waals surface area contributed by atoms with Crippen molar-refractivity contribution in [3.05, 3.63) is 54.8 Å². The number of aromatic nitrogens is 1. The lowest BCUT2D eigenvalue weighted by molar-refractivity contribution is -0.118. The number of carboxylic acid groups (broad SMARTS) is 1. The second kappa shape index (κ2) is 12.6. The van der Waals surface area contributed by atoms with Gasteiger partial charge in [-0.3, -0.25) is 10.1 Å². The maximum absolute atomic E-state index is 12.5. The number of carbonyl (C=O) groups excluding carboxylic acids is 2. The number of pyridine rings is 1. The number of benzene rings is 1. The van der Waals surface area contributed by atoms with Crippen LogP contribution < -0.4 is 20.7 Å². The van der Waals surface area contributed by atoms with E-state index in [1.807, 2.05) is 6.07 Å². The Morgan fingerprint density at radius 2 is 1.97 bits per heavy atom. The minimum absolute atomic E-state index is 0.265. The van der Waals surface area contributed by atoms with Crippen LogP contribution in [0.25, 0.3) is 17.2 Å². The lowest BCUT2D eigenvalue weighted by Crippen LogP contribution is -2.21. The molecule has 10 nitrogen and oxygen atoms in total. The molecule has 4 N–H and O–H groups in total. The molecular formula is C24H28N4O6. The van der Waals surface area contributed by atoms with Crippen LogP contribution in [0.5, 0.6) is 5.88 Å². The largest absolute Gasteiger partial charge is 0.481 e. The predicted octanol–water partition coefficient (Wildman–Crippen LogP) is 4.37. The van der Waals surface area contributed by atoms with E-state index in [0.717, 1.165) is 0 Å². The normalized spacial score (nSPS) is 11.4. The van der Waals surface area contributed by atoms with Gasteiger partial charge in [-0.05, 0) is 24.6 Å². The van der Waals surface area contributed by atoms with Gasteiger partial charge in [-0.15, -0.1) is 6.58 Å². The monoisotopic (exact) mass is 468 g/mol. The maximum atomic E-state index is 12.5. The molecule has 1 aromatic carbocycles. The molecule has 1 atom stereocenters. The first-order valence-corrected chi connectivity index (χ1v) is 10.4. The molecule has 2 rings (SSSR count). The average molecular weight is 469 g/mol. The number of methoxy groups -OCH3 is 2. The molecule has 0 saturated carbocycles. The van der Waals surface area contributed by atoms with Crippen LogP contribution >= 0.6 is 0 Å². The Morgan fingerprint density at radius 1 is 1.21 bits per heavy atom. The molecule has 3 amide bonds. The highest BCUT2D eigenvalue weighted by Crippen LogP contribution is 2.33. The molecule has 0 saturated heterocycles. The van der Waals surface area contributed by atoms with Gasteiger partial charge in [0.15, 0.2) is 0 Å². The zero-order chi connectivity index (χ0) is 25.1. The lowest BCUT2D eigenvalue weighted by atomic mass is 10.0. The van der Waals surface area contributed by atoms with E-state index >= 15 is 0 Å². The summed E-state index contributed by atoms with van der Waals surface area (Å²) >= 11 is 0. The van der Waals surface area contributed by atoms with Gasteiger partial charge in [0.05, 0.1) is 25.8 Å². The van der Waals surface area contributed by atoms with Gasteiger partial charge in [-0.1, -0.05) is 31.2 Å². The fourth-order valence-electron chi connectivity index (χ4n) is 2.88. The second-order valence-electron chi connectivity index (χ2n) is 7.14. The van der Waals surface area contributed by atoms with Crippen LogP contribution in [0.15, 0.2) is 49.2 Å². The maximum Gasteiger partial charge on any atom is 0.411 e. The molecule has 0 bridgehead atoms. The smallest absolute Gasteiger partial charge is 0.411 e. The Kier molecular flexibility index (Phi) is 9.63. The highest BCUT2D eigenvalue weighted by Gasteiger charge is 2.15. The van der Waals surface area contributed by atoms with Crippen LogP contribution in [0.1, 0.15) is 18.9 Å². The van der Waals surface area contributed by atoms with E-state index in [0.29, 0.717) is 40.4 Å². The summed E-state index contributed by atoms with van der Waals surface area (Å²) in [5, 5.41) is 16.4.